The number of hydrogen-bond acceptors (Lipinski definition) is 7. The summed E-state index contributed by atoms with van der Waals surface area (Å²) in [6, 6.07) is 3.35. The third-order valence-electron chi connectivity index (χ3n) is 2.73. The molecule has 0 radical (unpaired) electrons. The lowest BCUT2D eigenvalue weighted by Crippen LogP contribution is -2.03. The number of anilines is 1. The zero-order valence-electron chi connectivity index (χ0n) is 11.3. The second kappa shape index (κ2) is 5.83. The quantitative estimate of drug-likeness (QED) is 0.673. The van der Waals surface area contributed by atoms with Crippen molar-refractivity contribution < 1.29 is 9.66 Å². The fourth-order valence-electron chi connectivity index (χ4n) is 1.89. The van der Waals surface area contributed by atoms with Crippen LogP contribution in [0.15, 0.2) is 12.1 Å². The Kier molecular flexibility index (Phi) is 4.14. The normalized spacial score (nSPS) is 10.3. The zero-order valence-corrected chi connectivity index (χ0v) is 12.2. The van der Waals surface area contributed by atoms with Crippen molar-refractivity contribution in [2.75, 3.05) is 12.4 Å². The van der Waals surface area contributed by atoms with Gasteiger partial charge < -0.3 is 10.1 Å². The van der Waals surface area contributed by atoms with Gasteiger partial charge in [-0.3, -0.25) is 10.1 Å². The van der Waals surface area contributed by atoms with Crippen LogP contribution in [-0.2, 0) is 6.61 Å². The van der Waals surface area contributed by atoms with Crippen LogP contribution in [0.1, 0.15) is 16.8 Å². The molecular weight excluding hydrogens is 280 g/mol. The number of nitrogens with zero attached hydrogens (tertiary/aromatic N) is 3. The molecule has 1 aromatic heterocycles. The molecule has 0 bridgehead atoms. The van der Waals surface area contributed by atoms with Gasteiger partial charge in [-0.25, -0.2) is 0 Å². The smallest absolute Gasteiger partial charge is 0.311 e. The molecule has 1 aromatic carbocycles. The predicted molar refractivity (Wildman–Crippen MR) is 76.4 cm³/mol. The Morgan fingerprint density at radius 2 is 2.20 bits per heavy atom. The average Bonchev–Trinajstić information content (AvgIpc) is 2.84. The van der Waals surface area contributed by atoms with E-state index in [1.54, 1.807) is 14.0 Å². The SMILES string of the molecule is CNc1snnc1COc1c(C)cc(C)cc1[N+](=O)[O-]. The Morgan fingerprint density at radius 1 is 1.45 bits per heavy atom. The molecule has 0 aliphatic carbocycles. The number of benzene rings is 1. The molecule has 0 unspecified atom stereocenters. The highest BCUT2D eigenvalue weighted by Crippen LogP contribution is 2.33. The first-order valence-corrected chi connectivity index (χ1v) is 6.67. The molecule has 1 heterocycles. The summed E-state index contributed by atoms with van der Waals surface area (Å²) in [5.74, 6) is 0.274. The molecule has 2 rings (SSSR count). The summed E-state index contributed by atoms with van der Waals surface area (Å²) in [5, 5.41) is 18.8. The van der Waals surface area contributed by atoms with Gasteiger partial charge in [0.25, 0.3) is 0 Å². The number of aryl methyl sites for hydroxylation is 2. The van der Waals surface area contributed by atoms with E-state index in [1.807, 2.05) is 13.0 Å². The number of nitro groups is 1. The van der Waals surface area contributed by atoms with Crippen LogP contribution in [0.4, 0.5) is 10.7 Å². The summed E-state index contributed by atoms with van der Waals surface area (Å²) < 4.78 is 9.41. The molecule has 0 aliphatic heterocycles. The molecule has 0 spiro atoms. The van der Waals surface area contributed by atoms with E-state index in [4.69, 9.17) is 4.74 Å². The summed E-state index contributed by atoms with van der Waals surface area (Å²) in [6.45, 7) is 3.73. The van der Waals surface area contributed by atoms with E-state index in [-0.39, 0.29) is 18.0 Å². The number of nitro benzene ring substituents is 1. The van der Waals surface area contributed by atoms with Crippen LogP contribution in [-0.4, -0.2) is 21.6 Å². The van der Waals surface area contributed by atoms with Crippen LogP contribution in [0.2, 0.25) is 0 Å². The van der Waals surface area contributed by atoms with Gasteiger partial charge in [-0.05, 0) is 25.0 Å². The minimum atomic E-state index is -0.437. The molecule has 0 atom stereocenters. The third kappa shape index (κ3) is 2.85. The lowest BCUT2D eigenvalue weighted by Gasteiger charge is -2.10. The van der Waals surface area contributed by atoms with E-state index < -0.39 is 4.92 Å². The molecule has 7 nitrogen and oxygen atoms in total. The first-order chi connectivity index (χ1) is 9.52. The lowest BCUT2D eigenvalue weighted by molar-refractivity contribution is -0.386. The molecule has 0 saturated carbocycles. The van der Waals surface area contributed by atoms with Gasteiger partial charge >= 0.3 is 5.69 Å². The second-order valence-electron chi connectivity index (χ2n) is 4.27. The van der Waals surface area contributed by atoms with E-state index in [1.165, 1.54) is 17.6 Å². The minimum absolute atomic E-state index is 0.0308. The van der Waals surface area contributed by atoms with Crippen molar-refractivity contribution in [2.24, 2.45) is 0 Å². The summed E-state index contributed by atoms with van der Waals surface area (Å²) in [7, 11) is 1.76. The third-order valence-corrected chi connectivity index (χ3v) is 3.52. The first-order valence-electron chi connectivity index (χ1n) is 5.90. The van der Waals surface area contributed by atoms with Crippen molar-refractivity contribution in [1.82, 2.24) is 9.59 Å². The predicted octanol–water partition coefficient (Wildman–Crippen LogP) is 2.68. The largest absolute Gasteiger partial charge is 0.480 e. The van der Waals surface area contributed by atoms with E-state index in [0.717, 1.165) is 16.1 Å². The fourth-order valence-corrected chi connectivity index (χ4v) is 2.41. The number of hydrogen-bond donors (Lipinski definition) is 1. The Balaban J connectivity index is 2.27. The van der Waals surface area contributed by atoms with Crippen LogP contribution in [0, 0.1) is 24.0 Å². The van der Waals surface area contributed by atoms with Crippen molar-refractivity contribution >= 4 is 22.2 Å². The fraction of sp³-hybridized carbons (Fsp3) is 0.333. The lowest BCUT2D eigenvalue weighted by atomic mass is 10.1. The second-order valence-corrected chi connectivity index (χ2v) is 5.03. The highest BCUT2D eigenvalue weighted by atomic mass is 32.1. The van der Waals surface area contributed by atoms with Gasteiger partial charge in [0.2, 0.25) is 0 Å². The number of nitrogens with one attached hydrogen (secondary N) is 1. The van der Waals surface area contributed by atoms with Gasteiger partial charge in [-0.1, -0.05) is 10.6 Å². The number of ether oxygens (including phenoxy) is 1. The first kappa shape index (κ1) is 14.2. The molecule has 1 N–H and O–H groups in total. The molecule has 2 aromatic rings. The molecule has 106 valence electrons. The Morgan fingerprint density at radius 3 is 2.85 bits per heavy atom. The van der Waals surface area contributed by atoms with Crippen molar-refractivity contribution in [3.8, 4) is 5.75 Å². The molecule has 8 heteroatoms. The highest BCUT2D eigenvalue weighted by molar-refractivity contribution is 7.10. The number of aromatic nitrogens is 2. The molecular formula is C12H14N4O3S. The Hall–Kier alpha value is -2.22. The summed E-state index contributed by atoms with van der Waals surface area (Å²) >= 11 is 1.22. The van der Waals surface area contributed by atoms with Crippen LogP contribution in [0.5, 0.6) is 5.75 Å². The van der Waals surface area contributed by atoms with E-state index in [0.29, 0.717) is 5.69 Å². The van der Waals surface area contributed by atoms with Crippen molar-refractivity contribution in [3.63, 3.8) is 0 Å². The van der Waals surface area contributed by atoms with Gasteiger partial charge in [0.1, 0.15) is 17.3 Å². The van der Waals surface area contributed by atoms with E-state index in [9.17, 15) is 10.1 Å². The van der Waals surface area contributed by atoms with Gasteiger partial charge in [0, 0.05) is 24.6 Å². The zero-order chi connectivity index (χ0) is 14.7. The topological polar surface area (TPSA) is 90.2 Å². The van der Waals surface area contributed by atoms with Gasteiger partial charge in [0.15, 0.2) is 5.75 Å². The Labute approximate surface area is 119 Å². The summed E-state index contributed by atoms with van der Waals surface area (Å²) in [6.07, 6.45) is 0. The standard InChI is InChI=1S/C12H14N4O3S/c1-7-4-8(2)11(10(5-7)16(17)18)19-6-9-12(13-3)20-15-14-9/h4-5,13H,6H2,1-3H3. The monoisotopic (exact) mass is 294 g/mol. The van der Waals surface area contributed by atoms with Gasteiger partial charge in [-0.2, -0.15) is 0 Å². The average molecular weight is 294 g/mol. The van der Waals surface area contributed by atoms with Crippen LogP contribution in [0.3, 0.4) is 0 Å². The minimum Gasteiger partial charge on any atom is -0.480 e. The molecule has 0 fully saturated rings. The van der Waals surface area contributed by atoms with E-state index in [2.05, 4.69) is 14.9 Å². The maximum atomic E-state index is 11.1. The van der Waals surface area contributed by atoms with Crippen LogP contribution < -0.4 is 10.1 Å². The molecule has 0 amide bonds. The van der Waals surface area contributed by atoms with Crippen LogP contribution >= 0.6 is 11.5 Å². The maximum Gasteiger partial charge on any atom is 0.311 e. The summed E-state index contributed by atoms with van der Waals surface area (Å²) in [5.41, 5.74) is 2.15. The van der Waals surface area contributed by atoms with Crippen molar-refractivity contribution in [1.29, 1.82) is 0 Å². The van der Waals surface area contributed by atoms with Crippen LogP contribution in [0.25, 0.3) is 0 Å². The van der Waals surface area contributed by atoms with Crippen molar-refractivity contribution in [2.45, 2.75) is 20.5 Å². The van der Waals surface area contributed by atoms with Gasteiger partial charge in [0.05, 0.1) is 4.92 Å². The van der Waals surface area contributed by atoms with Crippen molar-refractivity contribution in [3.05, 3.63) is 39.1 Å². The van der Waals surface area contributed by atoms with Gasteiger partial charge in [-0.15, -0.1) is 5.10 Å². The Bertz CT molecular complexity index is 642. The molecule has 0 aliphatic rings. The molecule has 0 saturated heterocycles. The molecule has 20 heavy (non-hydrogen) atoms. The number of rotatable bonds is 5. The maximum absolute atomic E-state index is 11.1. The van der Waals surface area contributed by atoms with E-state index >= 15 is 0 Å². The highest BCUT2D eigenvalue weighted by Gasteiger charge is 2.19. The summed E-state index contributed by atoms with van der Waals surface area (Å²) in [4.78, 5) is 10.7.